The number of phenolic OH excluding ortho intramolecular Hbond substituents is 2. The van der Waals surface area contributed by atoms with Gasteiger partial charge in [0, 0.05) is 22.3 Å². The van der Waals surface area contributed by atoms with E-state index in [1.807, 2.05) is 36.4 Å². The van der Waals surface area contributed by atoms with Crippen LogP contribution >= 0.6 is 0 Å². The van der Waals surface area contributed by atoms with E-state index in [0.29, 0.717) is 18.0 Å². The number of nitrogens with zero attached hydrogens (tertiary/aromatic N) is 2. The maximum Gasteiger partial charge on any atom is 0.222 e. The van der Waals surface area contributed by atoms with Crippen molar-refractivity contribution in [3.8, 4) is 23.3 Å². The molecule has 0 amide bonds. The molecule has 7 heteroatoms. The number of aromatic hydroxyl groups is 2. The number of hydrogen-bond donors (Lipinski definition) is 2. The van der Waals surface area contributed by atoms with Gasteiger partial charge >= 0.3 is 0 Å². The van der Waals surface area contributed by atoms with Crippen LogP contribution in [0.4, 0.5) is 0 Å². The van der Waals surface area contributed by atoms with E-state index in [9.17, 15) is 19.8 Å². The van der Waals surface area contributed by atoms with E-state index >= 15 is 0 Å². The second-order valence-corrected chi connectivity index (χ2v) is 7.70. The number of ether oxygens (including phenoxy) is 1. The lowest BCUT2D eigenvalue weighted by Crippen LogP contribution is -2.20. The van der Waals surface area contributed by atoms with Gasteiger partial charge in [-0.2, -0.15) is 5.26 Å². The first-order valence-corrected chi connectivity index (χ1v) is 10.4. The fraction of sp³-hybridized carbons (Fsp3) is 0.0370. The predicted octanol–water partition coefficient (Wildman–Crippen LogP) is 4.20. The van der Waals surface area contributed by atoms with Gasteiger partial charge in [0.1, 0.15) is 17.2 Å². The molecule has 0 saturated carbocycles. The summed E-state index contributed by atoms with van der Waals surface area (Å²) >= 11 is 0. The molecule has 2 aliphatic heterocycles. The summed E-state index contributed by atoms with van der Waals surface area (Å²) in [6.07, 6.45) is 3.83. The molecule has 1 aliphatic carbocycles. The highest BCUT2D eigenvalue weighted by molar-refractivity contribution is 6.30. The van der Waals surface area contributed by atoms with E-state index in [1.54, 1.807) is 0 Å². The summed E-state index contributed by atoms with van der Waals surface area (Å²) < 4.78 is 5.66. The van der Waals surface area contributed by atoms with E-state index < -0.39 is 11.6 Å². The minimum Gasteiger partial charge on any atom is -0.507 e. The minimum atomic E-state index is -0.450. The second kappa shape index (κ2) is 8.19. The van der Waals surface area contributed by atoms with Gasteiger partial charge in [0.05, 0.1) is 29.3 Å². The Morgan fingerprint density at radius 1 is 0.824 bits per heavy atom. The van der Waals surface area contributed by atoms with Crippen molar-refractivity contribution in [3.63, 3.8) is 0 Å². The highest BCUT2D eigenvalue weighted by atomic mass is 16.5. The van der Waals surface area contributed by atoms with Crippen LogP contribution in [0.3, 0.4) is 0 Å². The highest BCUT2D eigenvalue weighted by Crippen LogP contribution is 2.36. The molecule has 0 saturated heterocycles. The summed E-state index contributed by atoms with van der Waals surface area (Å²) in [5.41, 5.74) is 2.80. The van der Waals surface area contributed by atoms with Crippen LogP contribution in [-0.4, -0.2) is 34.2 Å². The first-order chi connectivity index (χ1) is 16.5. The van der Waals surface area contributed by atoms with Crippen molar-refractivity contribution in [2.45, 2.75) is 0 Å². The van der Waals surface area contributed by atoms with E-state index in [1.165, 1.54) is 36.4 Å². The Morgan fingerprint density at radius 3 is 2.06 bits per heavy atom. The van der Waals surface area contributed by atoms with E-state index in [-0.39, 0.29) is 33.8 Å². The zero-order valence-corrected chi connectivity index (χ0v) is 17.6. The predicted molar refractivity (Wildman–Crippen MR) is 124 cm³/mol. The Morgan fingerprint density at radius 2 is 1.44 bits per heavy atom. The largest absolute Gasteiger partial charge is 0.507 e. The van der Waals surface area contributed by atoms with Crippen molar-refractivity contribution in [1.29, 1.82) is 5.26 Å². The highest BCUT2D eigenvalue weighted by Gasteiger charge is 2.33. The number of carbonyl (C=O) groups is 2. The summed E-state index contributed by atoms with van der Waals surface area (Å²) in [6.45, 7) is 0.408. The molecule has 0 spiro atoms. The van der Waals surface area contributed by atoms with Gasteiger partial charge in [-0.05, 0) is 30.4 Å². The molecule has 0 fully saturated rings. The number of dihydropyridines is 1. The van der Waals surface area contributed by atoms with Gasteiger partial charge in [-0.25, -0.2) is 4.99 Å². The van der Waals surface area contributed by atoms with Crippen LogP contribution in [0.5, 0.6) is 17.2 Å². The molecule has 0 atom stereocenters. The lowest BCUT2D eigenvalue weighted by Gasteiger charge is -2.19. The van der Waals surface area contributed by atoms with Gasteiger partial charge in [-0.1, -0.05) is 42.5 Å². The number of nitriles is 1. The lowest BCUT2D eigenvalue weighted by molar-refractivity contribution is 0.0974. The number of hydrogen-bond acceptors (Lipinski definition) is 7. The van der Waals surface area contributed by atoms with E-state index in [2.05, 4.69) is 11.1 Å². The molecule has 164 valence electrons. The molecule has 3 aromatic carbocycles. The van der Waals surface area contributed by atoms with Crippen LogP contribution in [0, 0.1) is 11.3 Å². The quantitative estimate of drug-likeness (QED) is 0.416. The van der Waals surface area contributed by atoms with Gasteiger partial charge in [-0.3, -0.25) is 9.59 Å². The monoisotopic (exact) mass is 448 g/mol. The van der Waals surface area contributed by atoms with Crippen LogP contribution in [0.25, 0.3) is 6.08 Å². The van der Waals surface area contributed by atoms with Crippen LogP contribution in [0.15, 0.2) is 82.9 Å². The standard InChI is InChI=1S/C14H8O4.C13H8N2O/c15-9-5-1-3-7-11(9)14(18)8-4-2-6-10(16)12(8)13(7)17;14-7-9-5-11-6-10-3-1-2-4-12(10)16-13(11)15-8-9/h1-6,15-16H;1-6H,8H2. The van der Waals surface area contributed by atoms with E-state index in [0.717, 1.165) is 16.9 Å². The smallest absolute Gasteiger partial charge is 0.222 e. The zero-order chi connectivity index (χ0) is 23.8. The Kier molecular flexibility index (Phi) is 5.04. The van der Waals surface area contributed by atoms with Crippen LogP contribution in [0.1, 0.15) is 37.4 Å². The van der Waals surface area contributed by atoms with Gasteiger partial charge < -0.3 is 14.9 Å². The number of aliphatic imine (C=N–C) groups is 1. The molecule has 2 N–H and O–H groups in total. The number of ketones is 2. The van der Waals surface area contributed by atoms with Crippen molar-refractivity contribution < 1.29 is 24.5 Å². The third-order valence-electron chi connectivity index (χ3n) is 5.58. The molecule has 7 nitrogen and oxygen atoms in total. The van der Waals surface area contributed by atoms with Crippen LogP contribution in [0.2, 0.25) is 0 Å². The van der Waals surface area contributed by atoms with Crippen molar-refractivity contribution in [2.24, 2.45) is 4.99 Å². The summed E-state index contributed by atoms with van der Waals surface area (Å²) in [5, 5.41) is 28.2. The summed E-state index contributed by atoms with van der Waals surface area (Å²) in [5.74, 6) is 0.0818. The summed E-state index contributed by atoms with van der Waals surface area (Å²) in [4.78, 5) is 28.6. The molecule has 0 unspecified atom stereocenters. The second-order valence-electron chi connectivity index (χ2n) is 7.70. The van der Waals surface area contributed by atoms with Crippen LogP contribution < -0.4 is 4.74 Å². The molecular weight excluding hydrogens is 432 g/mol. The van der Waals surface area contributed by atoms with E-state index in [4.69, 9.17) is 10.00 Å². The number of benzene rings is 3. The lowest BCUT2D eigenvalue weighted by atomic mass is 9.83. The number of carbonyl (C=O) groups excluding carboxylic acids is 2. The zero-order valence-electron chi connectivity index (χ0n) is 17.6. The molecule has 0 bridgehead atoms. The Balaban J connectivity index is 0.000000142. The fourth-order valence-corrected chi connectivity index (χ4v) is 3.98. The molecule has 3 aliphatic rings. The van der Waals surface area contributed by atoms with Crippen molar-refractivity contribution in [2.75, 3.05) is 6.54 Å². The van der Waals surface area contributed by atoms with Crippen molar-refractivity contribution >= 4 is 23.5 Å². The first-order valence-electron chi connectivity index (χ1n) is 10.4. The number of para-hydroxylation sites is 1. The summed E-state index contributed by atoms with van der Waals surface area (Å²) in [7, 11) is 0. The molecule has 2 heterocycles. The Hall–Kier alpha value is -4.96. The maximum atomic E-state index is 12.2. The number of fused-ring (bicyclic) bond motifs is 4. The summed E-state index contributed by atoms with van der Waals surface area (Å²) in [6, 6.07) is 18.5. The maximum absolute atomic E-state index is 12.2. The van der Waals surface area contributed by atoms with Crippen molar-refractivity contribution in [1.82, 2.24) is 0 Å². The van der Waals surface area contributed by atoms with Gasteiger partial charge in [0.25, 0.3) is 0 Å². The van der Waals surface area contributed by atoms with Crippen molar-refractivity contribution in [3.05, 3.63) is 106 Å². The Labute approximate surface area is 194 Å². The Bertz CT molecular complexity index is 1460. The topological polar surface area (TPSA) is 120 Å². The third kappa shape index (κ3) is 3.44. The SMILES string of the molecule is N#CC1=CC2=Cc3ccccc3OC2=NC1.O=C1c2cccc(O)c2C(=O)c2cccc(O)c21. The normalized spacial score (nSPS) is 14.9. The molecular formula is C27H16N2O5. The molecule has 6 rings (SSSR count). The molecule has 3 aromatic rings. The van der Waals surface area contributed by atoms with Gasteiger partial charge in [0.2, 0.25) is 5.90 Å². The third-order valence-corrected chi connectivity index (χ3v) is 5.58. The van der Waals surface area contributed by atoms with Gasteiger partial charge in [0.15, 0.2) is 11.6 Å². The average molecular weight is 448 g/mol. The molecule has 0 aromatic heterocycles. The average Bonchev–Trinajstić information content (AvgIpc) is 2.86. The number of rotatable bonds is 0. The first kappa shape index (κ1) is 20.9. The van der Waals surface area contributed by atoms with Crippen LogP contribution in [-0.2, 0) is 0 Å². The molecule has 34 heavy (non-hydrogen) atoms. The number of phenols is 2. The minimum absolute atomic E-state index is 0.000556. The fourth-order valence-electron chi connectivity index (χ4n) is 3.98. The van der Waals surface area contributed by atoms with Gasteiger partial charge in [-0.15, -0.1) is 0 Å². The molecule has 0 radical (unpaired) electrons.